The fraction of sp³-hybridized carbons (Fsp3) is 0.263. The van der Waals surface area contributed by atoms with Crippen molar-refractivity contribution < 1.29 is 23.8 Å². The molecule has 2 aromatic rings. The van der Waals surface area contributed by atoms with E-state index in [-0.39, 0.29) is 12.2 Å². The van der Waals surface area contributed by atoms with E-state index in [1.54, 1.807) is 18.2 Å². The summed E-state index contributed by atoms with van der Waals surface area (Å²) in [7, 11) is 1.35. The van der Waals surface area contributed by atoms with Gasteiger partial charge >= 0.3 is 5.97 Å². The maximum atomic E-state index is 13.7. The van der Waals surface area contributed by atoms with E-state index in [0.29, 0.717) is 11.1 Å². The van der Waals surface area contributed by atoms with E-state index in [2.05, 4.69) is 5.32 Å². The number of carbonyl (C=O) groups is 2. The van der Waals surface area contributed by atoms with Gasteiger partial charge in [-0.05, 0) is 37.1 Å². The van der Waals surface area contributed by atoms with Crippen molar-refractivity contribution in [2.24, 2.45) is 0 Å². The van der Waals surface area contributed by atoms with Crippen molar-refractivity contribution in [3.8, 4) is 5.75 Å². The number of aliphatic carboxylic acids is 1. The second kappa shape index (κ2) is 7.79. The summed E-state index contributed by atoms with van der Waals surface area (Å²) in [4.78, 5) is 23.8. The van der Waals surface area contributed by atoms with Crippen LogP contribution in [0, 0.1) is 19.7 Å². The number of carboxylic acids is 1. The predicted octanol–water partition coefficient (Wildman–Crippen LogP) is 2.94. The number of halogens is 1. The Kier molecular flexibility index (Phi) is 5.75. The minimum Gasteiger partial charge on any atom is -0.494 e. The molecule has 0 aliphatic heterocycles. The fourth-order valence-corrected chi connectivity index (χ4v) is 2.68. The van der Waals surface area contributed by atoms with Crippen LogP contribution in [0.4, 0.5) is 4.39 Å². The summed E-state index contributed by atoms with van der Waals surface area (Å²) in [5.41, 5.74) is 2.75. The van der Waals surface area contributed by atoms with Gasteiger partial charge in [-0.15, -0.1) is 0 Å². The molecule has 2 aromatic carbocycles. The van der Waals surface area contributed by atoms with Gasteiger partial charge in [0.05, 0.1) is 13.5 Å². The number of hydrogen-bond donors (Lipinski definition) is 2. The normalized spacial score (nSPS) is 11.7. The smallest absolute Gasteiger partial charge is 0.330 e. The summed E-state index contributed by atoms with van der Waals surface area (Å²) >= 11 is 0. The minimum absolute atomic E-state index is 0.0859. The lowest BCUT2D eigenvalue weighted by Crippen LogP contribution is -2.34. The number of amides is 1. The summed E-state index contributed by atoms with van der Waals surface area (Å²) in [5.74, 6) is -2.14. The molecule has 0 heterocycles. The molecule has 0 aliphatic rings. The van der Waals surface area contributed by atoms with Crippen LogP contribution in [0.5, 0.6) is 5.75 Å². The molecule has 1 amide bonds. The lowest BCUT2D eigenvalue weighted by Gasteiger charge is -2.16. The Morgan fingerprint density at radius 2 is 1.80 bits per heavy atom. The van der Waals surface area contributed by atoms with Crippen LogP contribution in [-0.2, 0) is 16.0 Å². The van der Waals surface area contributed by atoms with E-state index >= 15 is 0 Å². The number of hydrogen-bond acceptors (Lipinski definition) is 3. The summed E-state index contributed by atoms with van der Waals surface area (Å²) in [6.45, 7) is 3.72. The maximum absolute atomic E-state index is 13.7. The van der Waals surface area contributed by atoms with Gasteiger partial charge in [0.2, 0.25) is 5.91 Å². The first-order valence-corrected chi connectivity index (χ1v) is 7.73. The van der Waals surface area contributed by atoms with Crippen LogP contribution in [0.15, 0.2) is 36.4 Å². The minimum atomic E-state index is -1.16. The van der Waals surface area contributed by atoms with Gasteiger partial charge in [-0.2, -0.15) is 0 Å². The Labute approximate surface area is 145 Å². The largest absolute Gasteiger partial charge is 0.494 e. The first-order chi connectivity index (χ1) is 11.8. The molecular formula is C19H20FNO4. The molecular weight excluding hydrogens is 325 g/mol. The average Bonchev–Trinajstić information content (AvgIpc) is 2.51. The van der Waals surface area contributed by atoms with E-state index in [0.717, 1.165) is 11.1 Å². The summed E-state index contributed by atoms with van der Waals surface area (Å²) < 4.78 is 18.5. The quantitative estimate of drug-likeness (QED) is 0.844. The highest BCUT2D eigenvalue weighted by molar-refractivity contribution is 5.85. The van der Waals surface area contributed by atoms with E-state index in [1.807, 2.05) is 19.9 Å². The third-order valence-electron chi connectivity index (χ3n) is 3.71. The second-order valence-corrected chi connectivity index (χ2v) is 5.91. The highest BCUT2D eigenvalue weighted by Gasteiger charge is 2.22. The number of methoxy groups -OCH3 is 1. The Hall–Kier alpha value is -2.89. The Morgan fingerprint density at radius 1 is 1.16 bits per heavy atom. The summed E-state index contributed by atoms with van der Waals surface area (Å²) in [6, 6.07) is 8.40. The molecule has 0 fully saturated rings. The van der Waals surface area contributed by atoms with Crippen LogP contribution >= 0.6 is 0 Å². The number of nitrogens with one attached hydrogen (secondary N) is 1. The van der Waals surface area contributed by atoms with Gasteiger partial charge in [0.25, 0.3) is 0 Å². The molecule has 0 aliphatic carbocycles. The first kappa shape index (κ1) is 18.4. The predicted molar refractivity (Wildman–Crippen MR) is 91.1 cm³/mol. The second-order valence-electron chi connectivity index (χ2n) is 5.91. The van der Waals surface area contributed by atoms with Crippen molar-refractivity contribution in [2.75, 3.05) is 7.11 Å². The van der Waals surface area contributed by atoms with Gasteiger partial charge in [0.15, 0.2) is 17.6 Å². The Bertz CT molecular complexity index is 784. The molecule has 0 bridgehead atoms. The van der Waals surface area contributed by atoms with Crippen LogP contribution < -0.4 is 10.1 Å². The number of rotatable bonds is 6. The number of carbonyl (C=O) groups excluding carboxylic acids is 1. The molecule has 6 heteroatoms. The van der Waals surface area contributed by atoms with Crippen molar-refractivity contribution in [1.29, 1.82) is 0 Å². The highest BCUT2D eigenvalue weighted by atomic mass is 19.1. The molecule has 0 radical (unpaired) electrons. The Balaban J connectivity index is 2.15. The molecule has 2 N–H and O–H groups in total. The average molecular weight is 345 g/mol. The van der Waals surface area contributed by atoms with Gasteiger partial charge in [-0.3, -0.25) is 4.79 Å². The Morgan fingerprint density at radius 3 is 2.32 bits per heavy atom. The van der Waals surface area contributed by atoms with Gasteiger partial charge in [-0.25, -0.2) is 9.18 Å². The van der Waals surface area contributed by atoms with Crippen LogP contribution in [-0.4, -0.2) is 24.1 Å². The van der Waals surface area contributed by atoms with E-state index < -0.39 is 23.7 Å². The molecule has 0 aromatic heterocycles. The SMILES string of the molecule is COc1ccc(CC(=O)NC(C(=O)O)c2cc(C)cc(C)c2)cc1F. The number of ether oxygens (including phenoxy) is 1. The van der Waals surface area contributed by atoms with Gasteiger partial charge < -0.3 is 15.2 Å². The monoisotopic (exact) mass is 345 g/mol. The lowest BCUT2D eigenvalue weighted by atomic mass is 10.0. The molecule has 0 spiro atoms. The van der Waals surface area contributed by atoms with Gasteiger partial charge in [0, 0.05) is 0 Å². The van der Waals surface area contributed by atoms with Crippen LogP contribution in [0.25, 0.3) is 0 Å². The van der Waals surface area contributed by atoms with Crippen LogP contribution in [0.1, 0.15) is 28.3 Å². The van der Waals surface area contributed by atoms with Gasteiger partial charge in [-0.1, -0.05) is 35.4 Å². The van der Waals surface area contributed by atoms with E-state index in [4.69, 9.17) is 4.74 Å². The van der Waals surface area contributed by atoms with Crippen LogP contribution in [0.3, 0.4) is 0 Å². The first-order valence-electron chi connectivity index (χ1n) is 7.73. The molecule has 0 saturated heterocycles. The van der Waals surface area contributed by atoms with E-state index in [1.165, 1.54) is 19.2 Å². The molecule has 1 unspecified atom stereocenters. The van der Waals surface area contributed by atoms with Crippen molar-refractivity contribution in [3.63, 3.8) is 0 Å². The number of benzene rings is 2. The molecule has 1 atom stereocenters. The maximum Gasteiger partial charge on any atom is 0.330 e. The molecule has 2 rings (SSSR count). The number of carboxylic acid groups (broad SMARTS) is 1. The van der Waals surface area contributed by atoms with Crippen LogP contribution in [0.2, 0.25) is 0 Å². The molecule has 132 valence electrons. The van der Waals surface area contributed by atoms with Crippen molar-refractivity contribution in [3.05, 3.63) is 64.5 Å². The zero-order valence-electron chi connectivity index (χ0n) is 14.3. The third kappa shape index (κ3) is 4.79. The summed E-state index contributed by atoms with van der Waals surface area (Å²) in [6.07, 6.45) is -0.129. The topological polar surface area (TPSA) is 75.6 Å². The number of aryl methyl sites for hydroxylation is 2. The zero-order chi connectivity index (χ0) is 18.6. The molecule has 5 nitrogen and oxygen atoms in total. The third-order valence-corrected chi connectivity index (χ3v) is 3.71. The highest BCUT2D eigenvalue weighted by Crippen LogP contribution is 2.20. The standard InChI is InChI=1S/C19H20FNO4/c1-11-6-12(2)8-14(7-11)18(19(23)24)21-17(22)10-13-4-5-16(25-3)15(20)9-13/h4-9,18H,10H2,1-3H3,(H,21,22)(H,23,24). The lowest BCUT2D eigenvalue weighted by molar-refractivity contribution is -0.141. The van der Waals surface area contributed by atoms with Crippen molar-refractivity contribution in [1.82, 2.24) is 5.32 Å². The molecule has 0 saturated carbocycles. The van der Waals surface area contributed by atoms with E-state index in [9.17, 15) is 19.1 Å². The zero-order valence-corrected chi connectivity index (χ0v) is 14.3. The molecule has 25 heavy (non-hydrogen) atoms. The fourth-order valence-electron chi connectivity index (χ4n) is 2.68. The van der Waals surface area contributed by atoms with Gasteiger partial charge in [0.1, 0.15) is 0 Å². The van der Waals surface area contributed by atoms with Crippen molar-refractivity contribution in [2.45, 2.75) is 26.3 Å². The van der Waals surface area contributed by atoms with Crippen molar-refractivity contribution >= 4 is 11.9 Å². The summed E-state index contributed by atoms with van der Waals surface area (Å²) in [5, 5.41) is 11.9.